The van der Waals surface area contributed by atoms with E-state index >= 15 is 0 Å². The molecule has 0 unspecified atom stereocenters. The second-order valence-corrected chi connectivity index (χ2v) is 6.97. The van der Waals surface area contributed by atoms with Crippen LogP contribution in [-0.4, -0.2) is 16.8 Å². The third-order valence-electron chi connectivity index (χ3n) is 5.03. The third-order valence-corrected chi connectivity index (χ3v) is 5.03. The summed E-state index contributed by atoms with van der Waals surface area (Å²) in [6.07, 6.45) is 0. The molecule has 0 radical (unpaired) electrons. The first-order valence-corrected chi connectivity index (χ1v) is 9.61. The van der Waals surface area contributed by atoms with Crippen LogP contribution >= 0.6 is 0 Å². The maximum absolute atomic E-state index is 6.12. The molecule has 3 heterocycles. The van der Waals surface area contributed by atoms with Gasteiger partial charge in [0.25, 0.3) is 5.88 Å². The molecule has 0 spiro atoms. The minimum absolute atomic E-state index is 0.242. The lowest BCUT2D eigenvalue weighted by molar-refractivity contribution is 0.174. The Morgan fingerprint density at radius 2 is 1.67 bits per heavy atom. The van der Waals surface area contributed by atoms with E-state index in [0.717, 1.165) is 39.1 Å². The minimum atomic E-state index is 0.242. The predicted octanol–water partition coefficient (Wildman–Crippen LogP) is 5.35. The van der Waals surface area contributed by atoms with Crippen molar-refractivity contribution in [3.8, 4) is 28.8 Å². The molecular weight excluding hydrogens is 380 g/mol. The molecule has 30 heavy (non-hydrogen) atoms. The summed E-state index contributed by atoms with van der Waals surface area (Å²) in [6, 6.07) is 23.4. The summed E-state index contributed by atoms with van der Waals surface area (Å²) in [5.74, 6) is 2.47. The zero-order valence-electron chi connectivity index (χ0n) is 15.9. The maximum Gasteiger partial charge on any atom is 0.262 e. The molecule has 1 aliphatic rings. The van der Waals surface area contributed by atoms with Gasteiger partial charge in [-0.15, -0.1) is 0 Å². The monoisotopic (exact) mass is 396 g/mol. The van der Waals surface area contributed by atoms with Crippen LogP contribution in [0.5, 0.6) is 17.4 Å². The van der Waals surface area contributed by atoms with Gasteiger partial charge < -0.3 is 18.6 Å². The molecule has 0 amide bonds. The number of para-hydroxylation sites is 1. The molecule has 0 bridgehead atoms. The molecular formula is C24H16N2O4. The summed E-state index contributed by atoms with van der Waals surface area (Å²) >= 11 is 0. The zero-order valence-corrected chi connectivity index (χ0v) is 15.9. The Labute approximate surface area is 171 Å². The van der Waals surface area contributed by atoms with Crippen molar-refractivity contribution >= 4 is 22.1 Å². The Morgan fingerprint density at radius 1 is 0.833 bits per heavy atom. The number of aromatic nitrogens is 2. The number of fused-ring (bicyclic) bond motifs is 4. The van der Waals surface area contributed by atoms with Gasteiger partial charge in [-0.25, -0.2) is 4.98 Å². The molecule has 6 heteroatoms. The molecule has 0 atom stereocenters. The molecule has 3 aromatic carbocycles. The van der Waals surface area contributed by atoms with Gasteiger partial charge in [-0.1, -0.05) is 48.5 Å². The smallest absolute Gasteiger partial charge is 0.262 e. The molecule has 6 nitrogen and oxygen atoms in total. The first-order chi connectivity index (χ1) is 14.8. The maximum atomic E-state index is 6.12. The highest BCUT2D eigenvalue weighted by atomic mass is 16.7. The second-order valence-electron chi connectivity index (χ2n) is 6.97. The number of nitrogens with zero attached hydrogens (tertiary/aromatic N) is 2. The van der Waals surface area contributed by atoms with Crippen LogP contribution < -0.4 is 14.2 Å². The van der Waals surface area contributed by atoms with E-state index in [2.05, 4.69) is 4.98 Å². The Morgan fingerprint density at radius 3 is 2.60 bits per heavy atom. The van der Waals surface area contributed by atoms with Crippen molar-refractivity contribution in [1.82, 2.24) is 9.97 Å². The molecule has 146 valence electrons. The molecule has 2 aromatic heterocycles. The van der Waals surface area contributed by atoms with Crippen LogP contribution in [0.1, 0.15) is 5.56 Å². The Bertz CT molecular complexity index is 1380. The molecule has 0 saturated heterocycles. The van der Waals surface area contributed by atoms with Gasteiger partial charge >= 0.3 is 0 Å². The van der Waals surface area contributed by atoms with Crippen molar-refractivity contribution in [2.75, 3.05) is 6.79 Å². The van der Waals surface area contributed by atoms with Crippen molar-refractivity contribution in [3.05, 3.63) is 78.4 Å². The van der Waals surface area contributed by atoms with Crippen molar-refractivity contribution in [2.45, 2.75) is 6.61 Å². The van der Waals surface area contributed by atoms with E-state index in [1.54, 1.807) is 0 Å². The van der Waals surface area contributed by atoms with Gasteiger partial charge in [0, 0.05) is 10.9 Å². The van der Waals surface area contributed by atoms with Crippen LogP contribution in [0, 0.1) is 0 Å². The van der Waals surface area contributed by atoms with Gasteiger partial charge in [0.1, 0.15) is 17.7 Å². The number of rotatable bonds is 4. The summed E-state index contributed by atoms with van der Waals surface area (Å²) in [5, 5.41) is 0.931. The fourth-order valence-electron chi connectivity index (χ4n) is 3.56. The summed E-state index contributed by atoms with van der Waals surface area (Å²) in [4.78, 5) is 9.45. The fraction of sp³-hybridized carbons (Fsp3) is 0.0833. The van der Waals surface area contributed by atoms with Crippen molar-refractivity contribution in [3.63, 3.8) is 0 Å². The lowest BCUT2D eigenvalue weighted by Gasteiger charge is -2.08. The summed E-state index contributed by atoms with van der Waals surface area (Å²) in [7, 11) is 0. The minimum Gasteiger partial charge on any atom is -0.470 e. The molecule has 0 N–H and O–H groups in total. The topological polar surface area (TPSA) is 66.6 Å². The van der Waals surface area contributed by atoms with Crippen LogP contribution in [0.2, 0.25) is 0 Å². The Kier molecular flexibility index (Phi) is 3.81. The molecule has 1 aliphatic heterocycles. The summed E-state index contributed by atoms with van der Waals surface area (Å²) in [6.45, 7) is 0.555. The second kappa shape index (κ2) is 6.77. The number of furan rings is 1. The van der Waals surface area contributed by atoms with Gasteiger partial charge in [0.2, 0.25) is 12.4 Å². The van der Waals surface area contributed by atoms with Crippen molar-refractivity contribution in [1.29, 1.82) is 0 Å². The number of benzene rings is 3. The molecule has 5 aromatic rings. The highest BCUT2D eigenvalue weighted by molar-refractivity contribution is 6.04. The SMILES string of the molecule is c1ccc(-c2nc(OCc3ccc4c(c3)OCO4)c3oc4ccccc4c3n2)cc1. The first-order valence-electron chi connectivity index (χ1n) is 9.61. The highest BCUT2D eigenvalue weighted by Crippen LogP contribution is 2.36. The molecule has 0 saturated carbocycles. The van der Waals surface area contributed by atoms with Crippen LogP contribution in [0.3, 0.4) is 0 Å². The van der Waals surface area contributed by atoms with Gasteiger partial charge in [-0.3, -0.25) is 0 Å². The number of hydrogen-bond donors (Lipinski definition) is 0. The van der Waals surface area contributed by atoms with E-state index in [1.165, 1.54) is 0 Å². The van der Waals surface area contributed by atoms with Gasteiger partial charge in [-0.05, 0) is 29.8 Å². The van der Waals surface area contributed by atoms with Crippen molar-refractivity contribution in [2.24, 2.45) is 0 Å². The van der Waals surface area contributed by atoms with Gasteiger partial charge in [0.15, 0.2) is 17.3 Å². The van der Waals surface area contributed by atoms with E-state index in [0.29, 0.717) is 23.9 Å². The number of ether oxygens (including phenoxy) is 3. The number of hydrogen-bond acceptors (Lipinski definition) is 6. The van der Waals surface area contributed by atoms with E-state index in [9.17, 15) is 0 Å². The van der Waals surface area contributed by atoms with E-state index in [1.807, 2.05) is 72.8 Å². The first kappa shape index (κ1) is 16.9. The van der Waals surface area contributed by atoms with Crippen molar-refractivity contribution < 1.29 is 18.6 Å². The third kappa shape index (κ3) is 2.81. The molecule has 0 aliphatic carbocycles. The van der Waals surface area contributed by atoms with E-state index in [-0.39, 0.29) is 6.79 Å². The van der Waals surface area contributed by atoms with Crippen LogP contribution in [0.4, 0.5) is 0 Å². The highest BCUT2D eigenvalue weighted by Gasteiger charge is 2.18. The summed E-state index contributed by atoms with van der Waals surface area (Å²) < 4.78 is 23.0. The summed E-state index contributed by atoms with van der Waals surface area (Å²) in [5.41, 5.74) is 3.89. The largest absolute Gasteiger partial charge is 0.470 e. The normalized spacial score (nSPS) is 12.5. The average Bonchev–Trinajstić information content (AvgIpc) is 3.42. The van der Waals surface area contributed by atoms with Crippen LogP contribution in [0.15, 0.2) is 77.2 Å². The lowest BCUT2D eigenvalue weighted by Crippen LogP contribution is -2.00. The lowest BCUT2D eigenvalue weighted by atomic mass is 10.2. The molecule has 6 rings (SSSR count). The quantitative estimate of drug-likeness (QED) is 0.408. The van der Waals surface area contributed by atoms with Gasteiger partial charge in [0.05, 0.1) is 0 Å². The van der Waals surface area contributed by atoms with E-state index in [4.69, 9.17) is 23.6 Å². The Balaban J connectivity index is 1.44. The average molecular weight is 396 g/mol. The fourth-order valence-corrected chi connectivity index (χ4v) is 3.56. The zero-order chi connectivity index (χ0) is 19.9. The van der Waals surface area contributed by atoms with Crippen LogP contribution in [0.25, 0.3) is 33.5 Å². The van der Waals surface area contributed by atoms with Gasteiger partial charge in [-0.2, -0.15) is 4.98 Å². The van der Waals surface area contributed by atoms with Crippen LogP contribution in [-0.2, 0) is 6.61 Å². The molecule has 0 fully saturated rings. The predicted molar refractivity (Wildman–Crippen MR) is 112 cm³/mol. The van der Waals surface area contributed by atoms with E-state index < -0.39 is 0 Å². The Hall–Kier alpha value is -4.06. The standard InChI is InChI=1S/C24H16N2O4/c1-2-6-16(7-3-1)23-25-21-17-8-4-5-9-18(17)30-22(21)24(26-23)27-13-15-10-11-19-20(12-15)29-14-28-19/h1-12H,13-14H2.